The maximum Gasteiger partial charge on any atom is 0.266 e. The Morgan fingerprint density at radius 2 is 2.07 bits per heavy atom. The lowest BCUT2D eigenvalue weighted by Crippen LogP contribution is -2.37. The fourth-order valence-corrected chi connectivity index (χ4v) is 3.67. The van der Waals surface area contributed by atoms with Gasteiger partial charge in [-0.25, -0.2) is 19.2 Å². The standard InChI is InChI=1S/C18H18N8O/c27-17-4-3-16(23-10-7-19-13-23)22-26(17)12-14-2-1-9-24(14)18-15-5-6-21-25(15)11-8-20-18/h3-8,10-11,13-14H,1-2,9,12H2. The van der Waals surface area contributed by atoms with E-state index in [-0.39, 0.29) is 11.6 Å². The molecule has 0 amide bonds. The first-order valence-electron chi connectivity index (χ1n) is 8.91. The molecule has 4 aromatic rings. The zero-order valence-corrected chi connectivity index (χ0v) is 14.6. The van der Waals surface area contributed by atoms with Gasteiger partial charge in [0.05, 0.1) is 18.8 Å². The number of imidazole rings is 1. The maximum absolute atomic E-state index is 12.4. The Kier molecular flexibility index (Phi) is 3.70. The number of rotatable bonds is 4. The number of aromatic nitrogens is 7. The van der Waals surface area contributed by atoms with Gasteiger partial charge in [0.2, 0.25) is 0 Å². The van der Waals surface area contributed by atoms with Gasteiger partial charge >= 0.3 is 0 Å². The first kappa shape index (κ1) is 15.7. The molecule has 0 N–H and O–H groups in total. The summed E-state index contributed by atoms with van der Waals surface area (Å²) in [6, 6.07) is 5.38. The molecule has 1 aliphatic heterocycles. The van der Waals surface area contributed by atoms with Crippen LogP contribution in [0.1, 0.15) is 12.8 Å². The van der Waals surface area contributed by atoms with Crippen LogP contribution < -0.4 is 10.5 Å². The number of anilines is 1. The molecule has 136 valence electrons. The summed E-state index contributed by atoms with van der Waals surface area (Å²) in [6.45, 7) is 1.41. The molecule has 1 fully saturated rings. The van der Waals surface area contributed by atoms with E-state index >= 15 is 0 Å². The van der Waals surface area contributed by atoms with Crippen molar-refractivity contribution in [3.8, 4) is 5.82 Å². The van der Waals surface area contributed by atoms with Gasteiger partial charge in [0.25, 0.3) is 5.56 Å². The third-order valence-corrected chi connectivity index (χ3v) is 4.96. The fraction of sp³-hybridized carbons (Fsp3) is 0.278. The predicted molar refractivity (Wildman–Crippen MR) is 99.0 cm³/mol. The minimum absolute atomic E-state index is 0.110. The number of fused-ring (bicyclic) bond motifs is 1. The van der Waals surface area contributed by atoms with Crippen molar-refractivity contribution in [1.82, 2.24) is 33.9 Å². The Bertz CT molecular complexity index is 1130. The predicted octanol–water partition coefficient (Wildman–Crippen LogP) is 1.14. The van der Waals surface area contributed by atoms with E-state index in [4.69, 9.17) is 0 Å². The molecule has 0 aliphatic carbocycles. The van der Waals surface area contributed by atoms with Crippen molar-refractivity contribution in [3.63, 3.8) is 0 Å². The summed E-state index contributed by atoms with van der Waals surface area (Å²) >= 11 is 0. The van der Waals surface area contributed by atoms with Crippen LogP contribution in [0.5, 0.6) is 0 Å². The Balaban J connectivity index is 1.47. The van der Waals surface area contributed by atoms with Crippen LogP contribution in [0.4, 0.5) is 5.82 Å². The molecule has 1 aliphatic rings. The van der Waals surface area contributed by atoms with Crippen molar-refractivity contribution in [3.05, 3.63) is 65.9 Å². The Morgan fingerprint density at radius 3 is 2.96 bits per heavy atom. The van der Waals surface area contributed by atoms with Gasteiger partial charge in [0.15, 0.2) is 11.6 Å². The summed E-state index contributed by atoms with van der Waals surface area (Å²) < 4.78 is 5.15. The molecule has 1 atom stereocenters. The summed E-state index contributed by atoms with van der Waals surface area (Å²) in [6.07, 6.45) is 12.6. The van der Waals surface area contributed by atoms with E-state index in [2.05, 4.69) is 25.1 Å². The van der Waals surface area contributed by atoms with E-state index < -0.39 is 0 Å². The van der Waals surface area contributed by atoms with Crippen molar-refractivity contribution in [1.29, 1.82) is 0 Å². The average Bonchev–Trinajstić information content (AvgIpc) is 3.44. The normalized spacial score (nSPS) is 17.0. The summed E-state index contributed by atoms with van der Waals surface area (Å²) in [7, 11) is 0. The van der Waals surface area contributed by atoms with E-state index in [1.54, 1.807) is 41.6 Å². The van der Waals surface area contributed by atoms with Gasteiger partial charge in [-0.2, -0.15) is 10.2 Å². The fourth-order valence-electron chi connectivity index (χ4n) is 3.67. The molecule has 4 aromatic heterocycles. The van der Waals surface area contributed by atoms with E-state index in [9.17, 15) is 4.79 Å². The Morgan fingerprint density at radius 1 is 1.11 bits per heavy atom. The van der Waals surface area contributed by atoms with Gasteiger partial charge in [-0.1, -0.05) is 0 Å². The molecule has 0 radical (unpaired) electrons. The molecule has 0 aromatic carbocycles. The maximum atomic E-state index is 12.4. The molecular weight excluding hydrogens is 344 g/mol. The third-order valence-electron chi connectivity index (χ3n) is 4.96. The first-order chi connectivity index (χ1) is 13.3. The van der Waals surface area contributed by atoms with Crippen LogP contribution in [0, 0.1) is 0 Å². The molecule has 0 saturated carbocycles. The lowest BCUT2D eigenvalue weighted by Gasteiger charge is -2.26. The molecule has 0 spiro atoms. The zero-order chi connectivity index (χ0) is 18.2. The highest BCUT2D eigenvalue weighted by atomic mass is 16.1. The summed E-state index contributed by atoms with van der Waals surface area (Å²) in [5, 5.41) is 8.81. The molecule has 9 nitrogen and oxygen atoms in total. The van der Waals surface area contributed by atoms with Crippen LogP contribution in [-0.2, 0) is 6.54 Å². The lowest BCUT2D eigenvalue weighted by atomic mass is 10.2. The Hall–Kier alpha value is -3.49. The van der Waals surface area contributed by atoms with Gasteiger partial charge in [-0.15, -0.1) is 0 Å². The van der Waals surface area contributed by atoms with Crippen molar-refractivity contribution in [2.45, 2.75) is 25.4 Å². The molecule has 5 rings (SSSR count). The van der Waals surface area contributed by atoms with Gasteiger partial charge in [0, 0.05) is 37.4 Å². The van der Waals surface area contributed by atoms with Gasteiger partial charge < -0.3 is 4.90 Å². The average molecular weight is 362 g/mol. The largest absolute Gasteiger partial charge is 0.350 e. The number of hydrogen-bond donors (Lipinski definition) is 0. The highest BCUT2D eigenvalue weighted by molar-refractivity contribution is 5.68. The summed E-state index contributed by atoms with van der Waals surface area (Å²) in [5.74, 6) is 1.57. The van der Waals surface area contributed by atoms with Crippen molar-refractivity contribution < 1.29 is 0 Å². The molecule has 1 unspecified atom stereocenters. The SMILES string of the molecule is O=c1ccc(-n2ccnc2)nn1CC1CCCN1c1nccn2nccc12. The van der Waals surface area contributed by atoms with Crippen molar-refractivity contribution >= 4 is 11.3 Å². The second-order valence-electron chi connectivity index (χ2n) is 6.58. The second kappa shape index (κ2) is 6.35. The topological polar surface area (TPSA) is 86.1 Å². The lowest BCUT2D eigenvalue weighted by molar-refractivity contribution is 0.484. The van der Waals surface area contributed by atoms with Crippen molar-refractivity contribution in [2.24, 2.45) is 0 Å². The van der Waals surface area contributed by atoms with E-state index in [1.807, 2.05) is 23.0 Å². The summed E-state index contributed by atoms with van der Waals surface area (Å²) in [5.41, 5.74) is 0.859. The van der Waals surface area contributed by atoms with E-state index in [0.29, 0.717) is 12.4 Å². The van der Waals surface area contributed by atoms with Gasteiger partial charge in [0.1, 0.15) is 11.8 Å². The molecule has 1 saturated heterocycles. The summed E-state index contributed by atoms with van der Waals surface area (Å²) in [4.78, 5) is 23.2. The molecular formula is C18H18N8O. The minimum atomic E-state index is -0.110. The van der Waals surface area contributed by atoms with E-state index in [0.717, 1.165) is 30.7 Å². The van der Waals surface area contributed by atoms with Crippen molar-refractivity contribution in [2.75, 3.05) is 11.4 Å². The molecule has 9 heteroatoms. The highest BCUT2D eigenvalue weighted by Crippen LogP contribution is 2.27. The highest BCUT2D eigenvalue weighted by Gasteiger charge is 2.28. The van der Waals surface area contributed by atoms with Crippen LogP contribution in [0.15, 0.2) is 60.3 Å². The number of hydrogen-bond acceptors (Lipinski definition) is 6. The molecule has 5 heterocycles. The van der Waals surface area contributed by atoms with Crippen LogP contribution in [0.3, 0.4) is 0 Å². The monoisotopic (exact) mass is 362 g/mol. The Labute approximate surface area is 154 Å². The first-order valence-corrected chi connectivity index (χ1v) is 8.91. The van der Waals surface area contributed by atoms with E-state index in [1.165, 1.54) is 4.68 Å². The van der Waals surface area contributed by atoms with Gasteiger partial charge in [-0.05, 0) is 25.0 Å². The smallest absolute Gasteiger partial charge is 0.266 e. The minimum Gasteiger partial charge on any atom is -0.350 e. The molecule has 0 bridgehead atoms. The zero-order valence-electron chi connectivity index (χ0n) is 14.6. The van der Waals surface area contributed by atoms with Crippen LogP contribution >= 0.6 is 0 Å². The third kappa shape index (κ3) is 2.77. The van der Waals surface area contributed by atoms with Gasteiger partial charge in [-0.3, -0.25) is 9.36 Å². The van der Waals surface area contributed by atoms with Crippen LogP contribution in [-0.4, -0.2) is 46.5 Å². The number of nitrogens with zero attached hydrogens (tertiary/aromatic N) is 8. The van der Waals surface area contributed by atoms with Crippen LogP contribution in [0.2, 0.25) is 0 Å². The van der Waals surface area contributed by atoms with Crippen LogP contribution in [0.25, 0.3) is 11.3 Å². The second-order valence-corrected chi connectivity index (χ2v) is 6.58. The molecule has 27 heavy (non-hydrogen) atoms. The quantitative estimate of drug-likeness (QED) is 0.541.